The molecule has 0 saturated heterocycles. The van der Waals surface area contributed by atoms with Crippen LogP contribution in [0.5, 0.6) is 0 Å². The van der Waals surface area contributed by atoms with Gasteiger partial charge < -0.3 is 0 Å². The maximum Gasteiger partial charge on any atom is 0.501 e. The molecule has 0 bridgehead atoms. The number of hydrogen-bond donors (Lipinski definition) is 0. The third-order valence-electron chi connectivity index (χ3n) is 1.61. The summed E-state index contributed by atoms with van der Waals surface area (Å²) in [6, 6.07) is 3.43. The monoisotopic (exact) mass is 251 g/mol. The van der Waals surface area contributed by atoms with Crippen molar-refractivity contribution in [1.29, 1.82) is 0 Å². The van der Waals surface area contributed by atoms with Crippen molar-refractivity contribution in [2.24, 2.45) is 5.11 Å². The Bertz CT molecular complexity index is 529. The highest BCUT2D eigenvalue weighted by atomic mass is 32.2. The van der Waals surface area contributed by atoms with Crippen molar-refractivity contribution in [3.8, 4) is 0 Å². The Labute approximate surface area is 88.1 Å². The molecule has 0 atom stereocenters. The second-order valence-electron chi connectivity index (χ2n) is 2.63. The van der Waals surface area contributed by atoms with Gasteiger partial charge in [-0.05, 0) is 17.7 Å². The molecule has 0 radical (unpaired) electrons. The van der Waals surface area contributed by atoms with E-state index in [-0.39, 0.29) is 5.69 Å². The van der Waals surface area contributed by atoms with Crippen LogP contribution in [0.2, 0.25) is 0 Å². The molecule has 0 spiro atoms. The Morgan fingerprint density at radius 2 is 1.69 bits per heavy atom. The number of nitrogens with zero attached hydrogens (tertiary/aromatic N) is 3. The molecule has 0 saturated carbocycles. The Morgan fingerprint density at radius 3 is 2.06 bits per heavy atom. The van der Waals surface area contributed by atoms with E-state index in [0.717, 1.165) is 24.3 Å². The molecule has 5 nitrogen and oxygen atoms in total. The minimum absolute atomic E-state index is 0.0311. The molecule has 0 N–H and O–H groups in total. The predicted octanol–water partition coefficient (Wildman–Crippen LogP) is 2.92. The smallest absolute Gasteiger partial charge is 0.214 e. The van der Waals surface area contributed by atoms with Gasteiger partial charge in [-0.2, -0.15) is 13.2 Å². The number of sulfone groups is 1. The number of azide groups is 1. The second kappa shape index (κ2) is 4.03. The van der Waals surface area contributed by atoms with Gasteiger partial charge in [0.15, 0.2) is 0 Å². The number of halogens is 3. The number of benzene rings is 1. The van der Waals surface area contributed by atoms with Crippen LogP contribution in [-0.2, 0) is 9.84 Å². The largest absolute Gasteiger partial charge is 0.501 e. The van der Waals surface area contributed by atoms with E-state index in [2.05, 4.69) is 10.0 Å². The topological polar surface area (TPSA) is 82.9 Å². The summed E-state index contributed by atoms with van der Waals surface area (Å²) in [6.07, 6.45) is 0. The highest BCUT2D eigenvalue weighted by molar-refractivity contribution is 7.92. The maximum atomic E-state index is 12.1. The van der Waals surface area contributed by atoms with Crippen LogP contribution in [0.1, 0.15) is 0 Å². The van der Waals surface area contributed by atoms with Crippen LogP contribution in [0, 0.1) is 0 Å². The highest BCUT2D eigenvalue weighted by Crippen LogP contribution is 2.30. The average molecular weight is 251 g/mol. The van der Waals surface area contributed by atoms with Gasteiger partial charge in [0.1, 0.15) is 0 Å². The van der Waals surface area contributed by atoms with Crippen molar-refractivity contribution in [1.82, 2.24) is 0 Å². The van der Waals surface area contributed by atoms with Gasteiger partial charge >= 0.3 is 5.51 Å². The van der Waals surface area contributed by atoms with E-state index in [1.165, 1.54) is 0 Å². The number of hydrogen-bond acceptors (Lipinski definition) is 3. The zero-order valence-corrected chi connectivity index (χ0v) is 8.33. The van der Waals surface area contributed by atoms with Crippen LogP contribution < -0.4 is 0 Å². The van der Waals surface area contributed by atoms with Crippen LogP contribution in [0.15, 0.2) is 34.3 Å². The zero-order chi connectivity index (χ0) is 12.4. The fraction of sp³-hybridized carbons (Fsp3) is 0.143. The molecule has 1 aromatic rings. The molecule has 0 heterocycles. The van der Waals surface area contributed by atoms with Crippen LogP contribution >= 0.6 is 0 Å². The minimum atomic E-state index is -5.34. The predicted molar refractivity (Wildman–Crippen MR) is 48.5 cm³/mol. The van der Waals surface area contributed by atoms with Gasteiger partial charge in [-0.25, -0.2) is 8.42 Å². The molecule has 0 aliphatic heterocycles. The van der Waals surface area contributed by atoms with E-state index >= 15 is 0 Å². The van der Waals surface area contributed by atoms with Crippen molar-refractivity contribution in [3.63, 3.8) is 0 Å². The standard InChI is InChI=1S/C7H4F3N3O2S/c8-7(9,10)16(14,15)6-3-1-5(2-4-6)12-13-11/h1-4H. The normalized spacial score (nSPS) is 11.9. The van der Waals surface area contributed by atoms with Gasteiger partial charge in [0.05, 0.1) is 4.90 Å². The van der Waals surface area contributed by atoms with E-state index in [1.54, 1.807) is 0 Å². The van der Waals surface area contributed by atoms with Gasteiger partial charge in [0.25, 0.3) is 9.84 Å². The molecule has 0 aromatic heterocycles. The first-order valence-corrected chi connectivity index (χ1v) is 5.24. The summed E-state index contributed by atoms with van der Waals surface area (Å²) in [4.78, 5) is 1.51. The van der Waals surface area contributed by atoms with Crippen LogP contribution in [0.25, 0.3) is 10.4 Å². The first kappa shape index (κ1) is 12.3. The molecular weight excluding hydrogens is 247 g/mol. The summed E-state index contributed by atoms with van der Waals surface area (Å²) in [6.45, 7) is 0. The fourth-order valence-corrected chi connectivity index (χ4v) is 1.64. The summed E-state index contributed by atoms with van der Waals surface area (Å²) in [5.41, 5.74) is 2.73. The van der Waals surface area contributed by atoms with Gasteiger partial charge in [-0.15, -0.1) is 0 Å². The maximum absolute atomic E-state index is 12.1. The Kier molecular flexibility index (Phi) is 3.11. The lowest BCUT2D eigenvalue weighted by Crippen LogP contribution is -2.23. The number of alkyl halides is 3. The Hall–Kier alpha value is -1.73. The van der Waals surface area contributed by atoms with Crippen molar-refractivity contribution >= 4 is 15.5 Å². The third kappa shape index (κ3) is 2.26. The Balaban J connectivity index is 3.22. The third-order valence-corrected chi connectivity index (χ3v) is 3.11. The van der Waals surface area contributed by atoms with Gasteiger partial charge in [-0.1, -0.05) is 17.2 Å². The molecule has 1 rings (SSSR count). The summed E-state index contributed by atoms with van der Waals surface area (Å²) >= 11 is 0. The molecule has 0 aliphatic carbocycles. The summed E-state index contributed by atoms with van der Waals surface area (Å²) in [5.74, 6) is 0. The van der Waals surface area contributed by atoms with Crippen LogP contribution in [0.3, 0.4) is 0 Å². The van der Waals surface area contributed by atoms with Crippen molar-refractivity contribution in [2.45, 2.75) is 10.4 Å². The molecule has 0 amide bonds. The van der Waals surface area contributed by atoms with E-state index in [9.17, 15) is 21.6 Å². The summed E-state index contributed by atoms with van der Waals surface area (Å²) in [7, 11) is -5.34. The Morgan fingerprint density at radius 1 is 1.19 bits per heavy atom. The average Bonchev–Trinajstić information content (AvgIpc) is 2.17. The zero-order valence-electron chi connectivity index (χ0n) is 7.51. The van der Waals surface area contributed by atoms with Crippen LogP contribution in [0.4, 0.5) is 18.9 Å². The lowest BCUT2D eigenvalue weighted by Gasteiger charge is -2.07. The molecule has 9 heteroatoms. The second-order valence-corrected chi connectivity index (χ2v) is 4.57. The van der Waals surface area contributed by atoms with Crippen LogP contribution in [-0.4, -0.2) is 13.9 Å². The number of rotatable bonds is 2. The van der Waals surface area contributed by atoms with Crippen molar-refractivity contribution in [2.75, 3.05) is 0 Å². The fourth-order valence-electron chi connectivity index (χ4n) is 0.877. The molecule has 0 unspecified atom stereocenters. The quantitative estimate of drug-likeness (QED) is 0.460. The SMILES string of the molecule is [N-]=[N+]=Nc1ccc(S(=O)(=O)C(F)(F)F)cc1. The molecule has 0 fully saturated rings. The van der Waals surface area contributed by atoms with Crippen molar-refractivity contribution < 1.29 is 21.6 Å². The van der Waals surface area contributed by atoms with E-state index in [4.69, 9.17) is 5.53 Å². The van der Waals surface area contributed by atoms with Gasteiger partial charge in [0.2, 0.25) is 0 Å². The lowest BCUT2D eigenvalue weighted by molar-refractivity contribution is -0.0436. The summed E-state index contributed by atoms with van der Waals surface area (Å²) < 4.78 is 58.1. The van der Waals surface area contributed by atoms with Gasteiger partial charge in [0, 0.05) is 10.6 Å². The molecule has 0 aliphatic rings. The highest BCUT2D eigenvalue weighted by Gasteiger charge is 2.46. The first-order valence-electron chi connectivity index (χ1n) is 3.75. The molecule has 16 heavy (non-hydrogen) atoms. The van der Waals surface area contributed by atoms with E-state index in [0.29, 0.717) is 0 Å². The van der Waals surface area contributed by atoms with E-state index < -0.39 is 20.2 Å². The summed E-state index contributed by atoms with van der Waals surface area (Å²) in [5, 5.41) is 3.10. The van der Waals surface area contributed by atoms with Gasteiger partial charge in [-0.3, -0.25) is 0 Å². The lowest BCUT2D eigenvalue weighted by atomic mass is 10.3. The molecular formula is C7H4F3N3O2S. The molecule has 1 aromatic carbocycles. The minimum Gasteiger partial charge on any atom is -0.214 e. The first-order chi connectivity index (χ1) is 7.29. The van der Waals surface area contributed by atoms with E-state index in [1.807, 2.05) is 0 Å². The van der Waals surface area contributed by atoms with Crippen molar-refractivity contribution in [3.05, 3.63) is 34.7 Å². The molecule has 86 valence electrons.